The van der Waals surface area contributed by atoms with Crippen molar-refractivity contribution < 1.29 is 8.42 Å². The number of nitrogens with zero attached hydrogens (tertiary/aromatic N) is 3. The Kier molecular flexibility index (Phi) is 6.55. The molecular formula is C26H31N5O2S2. The normalized spacial score (nSPS) is 21.2. The van der Waals surface area contributed by atoms with E-state index < -0.39 is 10.0 Å². The van der Waals surface area contributed by atoms with Crippen LogP contribution in [0.2, 0.25) is 0 Å². The average Bonchev–Trinajstić information content (AvgIpc) is 3.45. The molecule has 2 N–H and O–H groups in total. The Bertz CT molecular complexity index is 1320. The van der Waals surface area contributed by atoms with Crippen LogP contribution in [0.4, 0.5) is 11.4 Å². The molecule has 1 aliphatic carbocycles. The number of pyridine rings is 1. The van der Waals surface area contributed by atoms with E-state index in [1.165, 1.54) is 37.8 Å². The summed E-state index contributed by atoms with van der Waals surface area (Å²) < 4.78 is 28.6. The molecule has 0 amide bonds. The number of sulfonamides is 1. The minimum atomic E-state index is -3.36. The third kappa shape index (κ3) is 4.92. The van der Waals surface area contributed by atoms with Crippen molar-refractivity contribution >= 4 is 38.7 Å². The largest absolute Gasteiger partial charge is 0.351 e. The second-order valence-corrected chi connectivity index (χ2v) is 11.6. The Morgan fingerprint density at radius 2 is 1.89 bits per heavy atom. The molecule has 0 unspecified atom stereocenters. The number of nitrogens with one attached hydrogen (secondary N) is 2. The topological polar surface area (TPSA) is 79.3 Å². The van der Waals surface area contributed by atoms with Crippen LogP contribution >= 0.6 is 12.2 Å². The first-order valence-electron chi connectivity index (χ1n) is 12.1. The van der Waals surface area contributed by atoms with Crippen LogP contribution in [0.15, 0.2) is 60.9 Å². The SMILES string of the molecule is Cc1cc(N2C(=S)N[C@H](c3ccccn3)[C@@H]2c2cccn2C2CCCCC2)ccc1NS(C)(=O)=O. The van der Waals surface area contributed by atoms with Crippen molar-refractivity contribution in [2.24, 2.45) is 0 Å². The van der Waals surface area contributed by atoms with Crippen molar-refractivity contribution in [2.45, 2.75) is 57.2 Å². The van der Waals surface area contributed by atoms with Crippen molar-refractivity contribution in [3.05, 3.63) is 77.9 Å². The molecule has 2 aromatic heterocycles. The standard InChI is InChI=1S/C26H31N5O2S2/c1-18-17-20(13-14-21(18)29-35(2,32)33)31-25(24(28-26(31)34)22-11-6-7-15-27-22)23-12-8-16-30(23)19-9-4-3-5-10-19/h6-8,11-17,19,24-25,29H,3-5,9-10H2,1-2H3,(H,28,34)/t24-,25+/m1/s1. The van der Waals surface area contributed by atoms with E-state index in [0.29, 0.717) is 16.8 Å². The number of aryl methyl sites for hydroxylation is 1. The van der Waals surface area contributed by atoms with Gasteiger partial charge in [-0.1, -0.05) is 25.3 Å². The molecule has 9 heteroatoms. The Labute approximate surface area is 212 Å². The van der Waals surface area contributed by atoms with E-state index in [9.17, 15) is 8.42 Å². The summed E-state index contributed by atoms with van der Waals surface area (Å²) in [6.45, 7) is 1.90. The van der Waals surface area contributed by atoms with Gasteiger partial charge >= 0.3 is 0 Å². The first-order chi connectivity index (χ1) is 16.8. The van der Waals surface area contributed by atoms with Gasteiger partial charge in [0.05, 0.1) is 23.7 Å². The molecule has 35 heavy (non-hydrogen) atoms. The monoisotopic (exact) mass is 509 g/mol. The van der Waals surface area contributed by atoms with E-state index in [1.807, 2.05) is 43.5 Å². The van der Waals surface area contributed by atoms with Crippen LogP contribution < -0.4 is 14.9 Å². The van der Waals surface area contributed by atoms with Crippen LogP contribution in [0.5, 0.6) is 0 Å². The molecule has 3 aromatic rings. The maximum atomic E-state index is 11.8. The molecule has 3 heterocycles. The van der Waals surface area contributed by atoms with Crippen LogP contribution in [-0.4, -0.2) is 29.3 Å². The molecule has 2 aliphatic rings. The molecule has 2 atom stereocenters. The Balaban J connectivity index is 1.58. The summed E-state index contributed by atoms with van der Waals surface area (Å²) in [4.78, 5) is 6.82. The predicted octanol–water partition coefficient (Wildman–Crippen LogP) is 5.25. The Morgan fingerprint density at radius 1 is 1.09 bits per heavy atom. The minimum absolute atomic E-state index is 0.0950. The molecule has 1 aromatic carbocycles. The van der Waals surface area contributed by atoms with Gasteiger partial charge in [0.25, 0.3) is 0 Å². The first kappa shape index (κ1) is 23.8. The van der Waals surface area contributed by atoms with Crippen molar-refractivity contribution in [3.8, 4) is 0 Å². The van der Waals surface area contributed by atoms with Crippen LogP contribution in [-0.2, 0) is 10.0 Å². The molecular weight excluding hydrogens is 478 g/mol. The van der Waals surface area contributed by atoms with Gasteiger partial charge in [-0.15, -0.1) is 0 Å². The first-order valence-corrected chi connectivity index (χ1v) is 14.4. The van der Waals surface area contributed by atoms with Gasteiger partial charge in [-0.3, -0.25) is 9.71 Å². The molecule has 1 saturated carbocycles. The molecule has 0 bridgehead atoms. The van der Waals surface area contributed by atoms with Crippen molar-refractivity contribution in [2.75, 3.05) is 15.9 Å². The fourth-order valence-electron chi connectivity index (χ4n) is 5.39. The van der Waals surface area contributed by atoms with Gasteiger partial charge in [0.15, 0.2) is 5.11 Å². The highest BCUT2D eigenvalue weighted by Gasteiger charge is 2.42. The average molecular weight is 510 g/mol. The Hall–Kier alpha value is -2.91. The zero-order chi connectivity index (χ0) is 24.6. The lowest BCUT2D eigenvalue weighted by atomic mass is 9.94. The van der Waals surface area contributed by atoms with E-state index in [1.54, 1.807) is 6.07 Å². The van der Waals surface area contributed by atoms with E-state index >= 15 is 0 Å². The van der Waals surface area contributed by atoms with Crippen LogP contribution in [0, 0.1) is 6.92 Å². The summed E-state index contributed by atoms with van der Waals surface area (Å²) in [7, 11) is -3.36. The zero-order valence-corrected chi connectivity index (χ0v) is 21.6. The third-order valence-electron chi connectivity index (χ3n) is 6.96. The van der Waals surface area contributed by atoms with E-state index in [2.05, 4.69) is 42.8 Å². The van der Waals surface area contributed by atoms with Crippen LogP contribution in [0.1, 0.15) is 67.2 Å². The third-order valence-corrected chi connectivity index (χ3v) is 7.87. The number of thiocarbonyl (C=S) groups is 1. The fraction of sp³-hybridized carbons (Fsp3) is 0.385. The number of hydrogen-bond donors (Lipinski definition) is 2. The van der Waals surface area contributed by atoms with Crippen molar-refractivity contribution in [1.82, 2.24) is 14.9 Å². The van der Waals surface area contributed by atoms with Crippen LogP contribution in [0.25, 0.3) is 0 Å². The maximum absolute atomic E-state index is 11.8. The minimum Gasteiger partial charge on any atom is -0.351 e. The molecule has 1 aliphatic heterocycles. The number of rotatable bonds is 6. The summed E-state index contributed by atoms with van der Waals surface area (Å²) >= 11 is 5.88. The second-order valence-electron chi connectivity index (χ2n) is 9.50. The lowest BCUT2D eigenvalue weighted by Crippen LogP contribution is -2.31. The van der Waals surface area contributed by atoms with Gasteiger partial charge in [-0.2, -0.15) is 0 Å². The summed E-state index contributed by atoms with van der Waals surface area (Å²) in [5.74, 6) is 0. The van der Waals surface area contributed by atoms with E-state index in [0.717, 1.165) is 23.2 Å². The van der Waals surface area contributed by atoms with Gasteiger partial charge < -0.3 is 14.8 Å². The molecule has 2 fully saturated rings. The van der Waals surface area contributed by atoms with Gasteiger partial charge in [0.2, 0.25) is 10.0 Å². The molecule has 1 saturated heterocycles. The smallest absolute Gasteiger partial charge is 0.229 e. The number of aromatic nitrogens is 2. The quantitative estimate of drug-likeness (QED) is 0.442. The van der Waals surface area contributed by atoms with Crippen molar-refractivity contribution in [1.29, 1.82) is 0 Å². The number of anilines is 2. The lowest BCUT2D eigenvalue weighted by molar-refractivity contribution is 0.340. The van der Waals surface area contributed by atoms with E-state index in [-0.39, 0.29) is 12.1 Å². The highest BCUT2D eigenvalue weighted by Crippen LogP contribution is 2.44. The summed E-state index contributed by atoms with van der Waals surface area (Å²) in [6, 6.07) is 16.3. The zero-order valence-electron chi connectivity index (χ0n) is 20.0. The molecule has 0 spiro atoms. The highest BCUT2D eigenvalue weighted by atomic mass is 32.2. The van der Waals surface area contributed by atoms with E-state index in [4.69, 9.17) is 12.2 Å². The van der Waals surface area contributed by atoms with Gasteiger partial charge in [0.1, 0.15) is 6.04 Å². The molecule has 0 radical (unpaired) electrons. The maximum Gasteiger partial charge on any atom is 0.229 e. The summed E-state index contributed by atoms with van der Waals surface area (Å²) in [6.07, 6.45) is 11.4. The van der Waals surface area contributed by atoms with Gasteiger partial charge in [-0.25, -0.2) is 8.42 Å². The molecule has 5 rings (SSSR count). The predicted molar refractivity (Wildman–Crippen MR) is 144 cm³/mol. The van der Waals surface area contributed by atoms with Crippen LogP contribution in [0.3, 0.4) is 0 Å². The second kappa shape index (κ2) is 9.62. The molecule has 7 nitrogen and oxygen atoms in total. The Morgan fingerprint density at radius 3 is 2.57 bits per heavy atom. The van der Waals surface area contributed by atoms with Gasteiger partial charge in [-0.05, 0) is 80.0 Å². The summed E-state index contributed by atoms with van der Waals surface area (Å²) in [5, 5.41) is 4.16. The fourth-order valence-corrected chi connectivity index (χ4v) is 6.37. The van der Waals surface area contributed by atoms with Gasteiger partial charge in [0, 0.05) is 29.8 Å². The highest BCUT2D eigenvalue weighted by molar-refractivity contribution is 7.92. The molecule has 184 valence electrons. The number of benzene rings is 1. The number of hydrogen-bond acceptors (Lipinski definition) is 4. The lowest BCUT2D eigenvalue weighted by Gasteiger charge is -2.32. The summed E-state index contributed by atoms with van der Waals surface area (Å²) in [5.41, 5.74) is 4.46. The van der Waals surface area contributed by atoms with Crippen molar-refractivity contribution in [3.63, 3.8) is 0 Å².